The van der Waals surface area contributed by atoms with Gasteiger partial charge in [0.15, 0.2) is 0 Å². The molecule has 0 bridgehead atoms. The van der Waals surface area contributed by atoms with Crippen molar-refractivity contribution in [3.8, 4) is 6.07 Å². The normalized spacial score (nSPS) is 17.2. The summed E-state index contributed by atoms with van der Waals surface area (Å²) in [4.78, 5) is 0. The summed E-state index contributed by atoms with van der Waals surface area (Å²) in [7, 11) is 0. The van der Waals surface area contributed by atoms with Gasteiger partial charge < -0.3 is 4.74 Å². The van der Waals surface area contributed by atoms with E-state index in [1.807, 2.05) is 6.07 Å². The lowest BCUT2D eigenvalue weighted by Gasteiger charge is -1.94. The maximum absolute atomic E-state index is 8.07. The molecule has 0 spiro atoms. The topological polar surface area (TPSA) is 33.0 Å². The predicted octanol–water partition coefficient (Wildman–Crippen LogP) is 1.33. The molecule has 50 valence electrons. The molecule has 9 heavy (non-hydrogen) atoms. The van der Waals surface area contributed by atoms with Crippen molar-refractivity contribution in [3.63, 3.8) is 0 Å². The average molecular weight is 125 g/mol. The number of hydrogen-bond donors (Lipinski definition) is 0. The highest BCUT2D eigenvalue weighted by Crippen LogP contribution is 2.31. The van der Waals surface area contributed by atoms with Gasteiger partial charge in [0.05, 0.1) is 6.07 Å². The van der Waals surface area contributed by atoms with Crippen LogP contribution in [0.15, 0.2) is 0 Å². The van der Waals surface area contributed by atoms with Crippen LogP contribution in [-0.2, 0) is 4.74 Å². The quantitative estimate of drug-likeness (QED) is 0.531. The Kier molecular flexibility index (Phi) is 2.53. The lowest BCUT2D eigenvalue weighted by Crippen LogP contribution is -1.94. The van der Waals surface area contributed by atoms with E-state index in [0.717, 1.165) is 18.9 Å². The molecule has 0 unspecified atom stereocenters. The Bertz CT molecular complexity index is 113. The lowest BCUT2D eigenvalue weighted by molar-refractivity contribution is 0.159. The smallest absolute Gasteiger partial charge is 0.133 e. The average Bonchev–Trinajstić information content (AvgIpc) is 2.63. The van der Waals surface area contributed by atoms with E-state index in [4.69, 9.17) is 10.00 Å². The van der Waals surface area contributed by atoms with Crippen LogP contribution in [0, 0.1) is 17.2 Å². The maximum Gasteiger partial charge on any atom is 0.133 e. The minimum absolute atomic E-state index is 0.257. The van der Waals surface area contributed by atoms with Crippen LogP contribution in [0.1, 0.15) is 19.3 Å². The number of nitriles is 1. The first-order chi connectivity index (χ1) is 4.43. The molecular formula is C7H11NO. The van der Waals surface area contributed by atoms with Crippen molar-refractivity contribution < 1.29 is 4.74 Å². The molecular weight excluding hydrogens is 114 g/mol. The van der Waals surface area contributed by atoms with Crippen LogP contribution >= 0.6 is 0 Å². The maximum atomic E-state index is 8.07. The van der Waals surface area contributed by atoms with E-state index in [1.54, 1.807) is 0 Å². The first-order valence-corrected chi connectivity index (χ1v) is 3.38. The van der Waals surface area contributed by atoms with E-state index in [9.17, 15) is 0 Å². The summed E-state index contributed by atoms with van der Waals surface area (Å²) in [5.41, 5.74) is 0. The van der Waals surface area contributed by atoms with Crippen molar-refractivity contribution >= 4 is 0 Å². The monoisotopic (exact) mass is 125 g/mol. The van der Waals surface area contributed by atoms with Gasteiger partial charge in [0, 0.05) is 6.61 Å². The summed E-state index contributed by atoms with van der Waals surface area (Å²) < 4.78 is 4.97. The minimum Gasteiger partial charge on any atom is -0.367 e. The summed E-state index contributed by atoms with van der Waals surface area (Å²) in [6.45, 7) is 1.03. The molecule has 1 aliphatic carbocycles. The molecule has 0 aromatic heterocycles. The molecule has 0 heterocycles. The lowest BCUT2D eigenvalue weighted by atomic mass is 10.3. The predicted molar refractivity (Wildman–Crippen MR) is 33.8 cm³/mol. The second-order valence-corrected chi connectivity index (χ2v) is 2.44. The fourth-order valence-corrected chi connectivity index (χ4v) is 0.774. The molecule has 0 aliphatic heterocycles. The molecule has 0 N–H and O–H groups in total. The number of ether oxygens (including phenoxy) is 1. The third kappa shape index (κ3) is 3.10. The van der Waals surface area contributed by atoms with Gasteiger partial charge in [-0.3, -0.25) is 0 Å². The Morgan fingerprint density at radius 3 is 2.89 bits per heavy atom. The van der Waals surface area contributed by atoms with Crippen LogP contribution in [0.2, 0.25) is 0 Å². The molecule has 0 radical (unpaired) electrons. The highest BCUT2D eigenvalue weighted by molar-refractivity contribution is 4.73. The Morgan fingerprint density at radius 1 is 1.56 bits per heavy atom. The van der Waals surface area contributed by atoms with E-state index in [-0.39, 0.29) is 6.61 Å². The van der Waals surface area contributed by atoms with E-state index in [0.29, 0.717) is 0 Å². The Balaban J connectivity index is 1.77. The molecule has 0 aromatic carbocycles. The Hall–Kier alpha value is -0.550. The summed E-state index contributed by atoms with van der Waals surface area (Å²) in [6.07, 6.45) is 3.90. The van der Waals surface area contributed by atoms with Gasteiger partial charge in [-0.25, -0.2) is 0 Å². The summed E-state index contributed by atoms with van der Waals surface area (Å²) in [5, 5.41) is 8.07. The zero-order chi connectivity index (χ0) is 6.53. The van der Waals surface area contributed by atoms with Crippen molar-refractivity contribution in [2.24, 2.45) is 5.92 Å². The van der Waals surface area contributed by atoms with Crippen molar-refractivity contribution in [1.82, 2.24) is 0 Å². The minimum atomic E-state index is 0.257. The highest BCUT2D eigenvalue weighted by atomic mass is 16.5. The third-order valence-corrected chi connectivity index (χ3v) is 1.53. The van der Waals surface area contributed by atoms with Gasteiger partial charge in [0.25, 0.3) is 0 Å². The number of nitrogens with zero attached hydrogens (tertiary/aromatic N) is 1. The zero-order valence-electron chi connectivity index (χ0n) is 5.47. The van der Waals surface area contributed by atoms with Crippen LogP contribution in [0.3, 0.4) is 0 Å². The molecule has 1 fully saturated rings. The molecule has 1 rings (SSSR count). The van der Waals surface area contributed by atoms with Gasteiger partial charge in [0.1, 0.15) is 6.61 Å². The molecule has 1 aliphatic rings. The SMILES string of the molecule is N#CCOCCC1CC1. The second-order valence-electron chi connectivity index (χ2n) is 2.44. The largest absolute Gasteiger partial charge is 0.367 e. The Labute approximate surface area is 55.4 Å². The Morgan fingerprint density at radius 2 is 2.33 bits per heavy atom. The van der Waals surface area contributed by atoms with Crippen LogP contribution in [0.25, 0.3) is 0 Å². The summed E-state index contributed by atoms with van der Waals surface area (Å²) >= 11 is 0. The van der Waals surface area contributed by atoms with Crippen molar-refractivity contribution in [2.45, 2.75) is 19.3 Å². The van der Waals surface area contributed by atoms with Crippen LogP contribution in [0.5, 0.6) is 0 Å². The van der Waals surface area contributed by atoms with Gasteiger partial charge in [-0.2, -0.15) is 5.26 Å². The molecule has 0 atom stereocenters. The van der Waals surface area contributed by atoms with Gasteiger partial charge >= 0.3 is 0 Å². The molecule has 0 amide bonds. The molecule has 2 heteroatoms. The van der Waals surface area contributed by atoms with Crippen molar-refractivity contribution in [1.29, 1.82) is 5.26 Å². The second kappa shape index (κ2) is 3.47. The summed E-state index contributed by atoms with van der Waals surface area (Å²) in [5.74, 6) is 0.920. The molecule has 1 saturated carbocycles. The van der Waals surface area contributed by atoms with Gasteiger partial charge in [-0.1, -0.05) is 12.8 Å². The molecule has 2 nitrogen and oxygen atoms in total. The van der Waals surface area contributed by atoms with Crippen LogP contribution in [0.4, 0.5) is 0 Å². The fraction of sp³-hybridized carbons (Fsp3) is 0.857. The van der Waals surface area contributed by atoms with Crippen LogP contribution in [-0.4, -0.2) is 13.2 Å². The van der Waals surface area contributed by atoms with E-state index < -0.39 is 0 Å². The fourth-order valence-electron chi connectivity index (χ4n) is 0.774. The van der Waals surface area contributed by atoms with E-state index in [2.05, 4.69) is 0 Å². The number of hydrogen-bond acceptors (Lipinski definition) is 2. The summed E-state index contributed by atoms with van der Waals surface area (Å²) in [6, 6.07) is 1.94. The highest BCUT2D eigenvalue weighted by Gasteiger charge is 2.20. The standard InChI is InChI=1S/C7H11NO/c8-4-6-9-5-3-7-1-2-7/h7H,1-3,5-6H2. The zero-order valence-corrected chi connectivity index (χ0v) is 5.47. The van der Waals surface area contributed by atoms with Gasteiger partial charge in [-0.15, -0.1) is 0 Å². The number of rotatable bonds is 4. The van der Waals surface area contributed by atoms with E-state index >= 15 is 0 Å². The third-order valence-electron chi connectivity index (χ3n) is 1.53. The van der Waals surface area contributed by atoms with Crippen molar-refractivity contribution in [3.05, 3.63) is 0 Å². The molecule has 0 aromatic rings. The van der Waals surface area contributed by atoms with Crippen molar-refractivity contribution in [2.75, 3.05) is 13.2 Å². The first kappa shape index (κ1) is 6.57. The van der Waals surface area contributed by atoms with E-state index in [1.165, 1.54) is 12.8 Å². The van der Waals surface area contributed by atoms with Gasteiger partial charge in [-0.05, 0) is 12.3 Å². The molecule has 0 saturated heterocycles. The van der Waals surface area contributed by atoms with Gasteiger partial charge in [0.2, 0.25) is 0 Å². The first-order valence-electron chi connectivity index (χ1n) is 3.38. The van der Waals surface area contributed by atoms with Crippen LogP contribution < -0.4 is 0 Å².